The topological polar surface area (TPSA) is 88.5 Å². The summed E-state index contributed by atoms with van der Waals surface area (Å²) in [5.41, 5.74) is 12.8. The number of carbonyl (C=O) groups excluding carboxylic acids is 1. The zero-order valence-electron chi connectivity index (χ0n) is 12.6. The number of piperidine rings is 1. The third-order valence-corrected chi connectivity index (χ3v) is 4.62. The first kappa shape index (κ1) is 15.8. The van der Waals surface area contributed by atoms with Crippen molar-refractivity contribution < 1.29 is 4.79 Å². The lowest BCUT2D eigenvalue weighted by molar-refractivity contribution is 0.0812. The van der Waals surface area contributed by atoms with Crippen LogP contribution in [0.5, 0.6) is 0 Å². The van der Waals surface area contributed by atoms with E-state index in [0.717, 1.165) is 36.6 Å². The van der Waals surface area contributed by atoms with Crippen molar-refractivity contribution in [2.24, 2.45) is 5.73 Å². The molecule has 1 amide bonds. The highest BCUT2D eigenvalue weighted by Gasteiger charge is 2.24. The number of likely N-dealkylation sites (N-methyl/N-ethyl adjacent to an activating group) is 1. The first-order chi connectivity index (χ1) is 9.88. The van der Waals surface area contributed by atoms with E-state index >= 15 is 0 Å². The number of rotatable bonds is 4. The molecule has 0 saturated carbocycles. The van der Waals surface area contributed by atoms with Crippen molar-refractivity contribution in [3.05, 3.63) is 17.0 Å². The Hall–Kier alpha value is -1.60. The SMILES string of the molecule is C=C(C)CN(C)C(=O)c1sc(N2CCC(N)CC2)nc1N. The molecule has 1 saturated heterocycles. The maximum atomic E-state index is 12.4. The maximum Gasteiger partial charge on any atom is 0.267 e. The Labute approximate surface area is 129 Å². The van der Waals surface area contributed by atoms with Crippen LogP contribution in [0.2, 0.25) is 0 Å². The molecule has 1 aromatic rings. The van der Waals surface area contributed by atoms with E-state index in [-0.39, 0.29) is 11.9 Å². The summed E-state index contributed by atoms with van der Waals surface area (Å²) < 4.78 is 0. The van der Waals surface area contributed by atoms with Gasteiger partial charge in [0, 0.05) is 32.7 Å². The fourth-order valence-corrected chi connectivity index (χ4v) is 3.38. The third-order valence-electron chi connectivity index (χ3n) is 3.50. The second-order valence-electron chi connectivity index (χ2n) is 5.65. The molecule has 21 heavy (non-hydrogen) atoms. The van der Waals surface area contributed by atoms with E-state index < -0.39 is 0 Å². The molecule has 1 aliphatic rings. The van der Waals surface area contributed by atoms with Gasteiger partial charge in [0.05, 0.1) is 0 Å². The van der Waals surface area contributed by atoms with Crippen molar-refractivity contribution in [1.29, 1.82) is 0 Å². The highest BCUT2D eigenvalue weighted by molar-refractivity contribution is 7.18. The predicted octanol–water partition coefficient (Wildman–Crippen LogP) is 1.30. The minimum Gasteiger partial charge on any atom is -0.382 e. The number of carbonyl (C=O) groups is 1. The third kappa shape index (κ3) is 3.74. The highest BCUT2D eigenvalue weighted by atomic mass is 32.1. The molecule has 2 rings (SSSR count). The van der Waals surface area contributed by atoms with Crippen LogP contribution >= 0.6 is 11.3 Å². The molecule has 0 unspecified atom stereocenters. The van der Waals surface area contributed by atoms with Crippen molar-refractivity contribution in [2.45, 2.75) is 25.8 Å². The summed E-state index contributed by atoms with van der Waals surface area (Å²) in [5.74, 6) is 0.205. The minimum absolute atomic E-state index is 0.104. The van der Waals surface area contributed by atoms with Crippen LogP contribution in [0.4, 0.5) is 10.9 Å². The summed E-state index contributed by atoms with van der Waals surface area (Å²) >= 11 is 1.36. The molecule has 0 aromatic carbocycles. The van der Waals surface area contributed by atoms with E-state index in [1.807, 2.05) is 6.92 Å². The normalized spacial score (nSPS) is 16.0. The van der Waals surface area contributed by atoms with Crippen molar-refractivity contribution in [2.75, 3.05) is 37.3 Å². The van der Waals surface area contributed by atoms with E-state index in [9.17, 15) is 4.79 Å². The number of amides is 1. The molecule has 0 aliphatic carbocycles. The Bertz CT molecular complexity index is 533. The molecular formula is C14H23N5OS. The zero-order valence-corrected chi connectivity index (χ0v) is 13.4. The molecule has 7 heteroatoms. The van der Waals surface area contributed by atoms with E-state index in [2.05, 4.69) is 16.5 Å². The second kappa shape index (κ2) is 6.44. The number of nitrogen functional groups attached to an aromatic ring is 1. The summed E-state index contributed by atoms with van der Waals surface area (Å²) in [6.07, 6.45) is 1.89. The largest absolute Gasteiger partial charge is 0.382 e. The van der Waals surface area contributed by atoms with Crippen LogP contribution in [0.1, 0.15) is 29.4 Å². The van der Waals surface area contributed by atoms with Gasteiger partial charge in [-0.05, 0) is 19.8 Å². The van der Waals surface area contributed by atoms with E-state index in [1.165, 1.54) is 11.3 Å². The number of anilines is 2. The van der Waals surface area contributed by atoms with Crippen LogP contribution in [0.25, 0.3) is 0 Å². The van der Waals surface area contributed by atoms with Gasteiger partial charge in [0.15, 0.2) is 5.13 Å². The predicted molar refractivity (Wildman–Crippen MR) is 87.7 cm³/mol. The molecule has 1 fully saturated rings. The standard InChI is InChI=1S/C14H23N5OS/c1-9(2)8-18(3)13(20)11-12(16)17-14(21-11)19-6-4-10(15)5-7-19/h10H,1,4-8,15-16H2,2-3H3. The Morgan fingerprint density at radius 2 is 2.14 bits per heavy atom. The van der Waals surface area contributed by atoms with Crippen molar-refractivity contribution in [3.8, 4) is 0 Å². The molecule has 0 atom stereocenters. The summed E-state index contributed by atoms with van der Waals surface area (Å²) in [7, 11) is 1.75. The maximum absolute atomic E-state index is 12.4. The van der Waals surface area contributed by atoms with E-state index in [4.69, 9.17) is 11.5 Å². The molecule has 0 radical (unpaired) electrons. The van der Waals surface area contributed by atoms with Crippen LogP contribution in [-0.4, -0.2) is 48.5 Å². The van der Waals surface area contributed by atoms with Crippen LogP contribution in [-0.2, 0) is 0 Å². The van der Waals surface area contributed by atoms with Gasteiger partial charge in [-0.3, -0.25) is 4.79 Å². The number of hydrogen-bond donors (Lipinski definition) is 2. The quantitative estimate of drug-likeness (QED) is 0.819. The summed E-state index contributed by atoms with van der Waals surface area (Å²) in [5, 5.41) is 0.812. The van der Waals surface area contributed by atoms with Crippen molar-refractivity contribution in [1.82, 2.24) is 9.88 Å². The monoisotopic (exact) mass is 309 g/mol. The smallest absolute Gasteiger partial charge is 0.267 e. The Kier molecular flexibility index (Phi) is 4.84. The molecule has 0 spiro atoms. The van der Waals surface area contributed by atoms with Gasteiger partial charge >= 0.3 is 0 Å². The number of nitrogens with two attached hydrogens (primary N) is 2. The molecule has 4 N–H and O–H groups in total. The lowest BCUT2D eigenvalue weighted by atomic mass is 10.1. The zero-order chi connectivity index (χ0) is 15.6. The van der Waals surface area contributed by atoms with Gasteiger partial charge in [-0.1, -0.05) is 23.5 Å². The van der Waals surface area contributed by atoms with Crippen molar-refractivity contribution >= 4 is 28.2 Å². The molecule has 2 heterocycles. The first-order valence-electron chi connectivity index (χ1n) is 7.05. The number of hydrogen-bond acceptors (Lipinski definition) is 6. The Morgan fingerprint density at radius 3 is 2.71 bits per heavy atom. The average Bonchev–Trinajstić information content (AvgIpc) is 2.80. The van der Waals surface area contributed by atoms with Gasteiger partial charge in [-0.15, -0.1) is 0 Å². The molecule has 116 valence electrons. The second-order valence-corrected chi connectivity index (χ2v) is 6.63. The molecule has 0 bridgehead atoms. The molecular weight excluding hydrogens is 286 g/mol. The Morgan fingerprint density at radius 1 is 1.52 bits per heavy atom. The Balaban J connectivity index is 2.11. The van der Waals surface area contributed by atoms with Gasteiger partial charge in [0.2, 0.25) is 0 Å². The average molecular weight is 309 g/mol. The van der Waals surface area contributed by atoms with Gasteiger partial charge < -0.3 is 21.3 Å². The van der Waals surface area contributed by atoms with Gasteiger partial charge in [-0.2, -0.15) is 0 Å². The van der Waals surface area contributed by atoms with Gasteiger partial charge in [-0.25, -0.2) is 4.98 Å². The summed E-state index contributed by atoms with van der Waals surface area (Å²) in [6, 6.07) is 0.265. The summed E-state index contributed by atoms with van der Waals surface area (Å²) in [4.78, 5) is 21.0. The fourth-order valence-electron chi connectivity index (χ4n) is 2.35. The van der Waals surface area contributed by atoms with Crippen LogP contribution in [0.15, 0.2) is 12.2 Å². The molecule has 1 aliphatic heterocycles. The van der Waals surface area contributed by atoms with Crippen LogP contribution in [0, 0.1) is 0 Å². The van der Waals surface area contributed by atoms with Gasteiger partial charge in [0.25, 0.3) is 5.91 Å². The van der Waals surface area contributed by atoms with E-state index in [0.29, 0.717) is 17.2 Å². The number of nitrogens with zero attached hydrogens (tertiary/aromatic N) is 3. The highest BCUT2D eigenvalue weighted by Crippen LogP contribution is 2.30. The van der Waals surface area contributed by atoms with Crippen molar-refractivity contribution in [3.63, 3.8) is 0 Å². The number of thiazole rings is 1. The summed E-state index contributed by atoms with van der Waals surface area (Å²) in [6.45, 7) is 7.96. The van der Waals surface area contributed by atoms with Gasteiger partial charge in [0.1, 0.15) is 10.7 Å². The lowest BCUT2D eigenvalue weighted by Gasteiger charge is -2.29. The van der Waals surface area contributed by atoms with Crippen LogP contribution in [0.3, 0.4) is 0 Å². The van der Waals surface area contributed by atoms with E-state index in [1.54, 1.807) is 11.9 Å². The lowest BCUT2D eigenvalue weighted by Crippen LogP contribution is -2.39. The first-order valence-corrected chi connectivity index (χ1v) is 7.86. The fraction of sp³-hybridized carbons (Fsp3) is 0.571. The minimum atomic E-state index is -0.104. The number of aromatic nitrogens is 1. The van der Waals surface area contributed by atoms with Crippen LogP contribution < -0.4 is 16.4 Å². The molecule has 1 aromatic heterocycles. The molecule has 6 nitrogen and oxygen atoms in total.